The first-order valence-electron chi connectivity index (χ1n) is 5.30. The summed E-state index contributed by atoms with van der Waals surface area (Å²) < 4.78 is 0. The SMILES string of the molecule is c1cc(Nc2ccc3cnccc3n2)ccn1. The van der Waals surface area contributed by atoms with E-state index in [0.717, 1.165) is 22.4 Å². The van der Waals surface area contributed by atoms with Crippen LogP contribution in [0, 0.1) is 0 Å². The number of hydrogen-bond acceptors (Lipinski definition) is 4. The number of aromatic nitrogens is 3. The van der Waals surface area contributed by atoms with Crippen molar-refractivity contribution in [2.24, 2.45) is 0 Å². The maximum atomic E-state index is 4.50. The second-order valence-electron chi connectivity index (χ2n) is 3.63. The van der Waals surface area contributed by atoms with E-state index in [1.807, 2.05) is 30.3 Å². The largest absolute Gasteiger partial charge is 0.340 e. The van der Waals surface area contributed by atoms with Crippen molar-refractivity contribution in [3.05, 3.63) is 55.1 Å². The Hall–Kier alpha value is -2.49. The van der Waals surface area contributed by atoms with Gasteiger partial charge in [-0.1, -0.05) is 0 Å². The first-order valence-corrected chi connectivity index (χ1v) is 5.30. The van der Waals surface area contributed by atoms with Gasteiger partial charge in [-0.2, -0.15) is 0 Å². The number of rotatable bonds is 2. The van der Waals surface area contributed by atoms with Gasteiger partial charge in [-0.25, -0.2) is 4.98 Å². The Labute approximate surface area is 98.4 Å². The van der Waals surface area contributed by atoms with E-state index in [2.05, 4.69) is 20.3 Å². The Morgan fingerprint density at radius 2 is 1.65 bits per heavy atom. The molecule has 3 rings (SSSR count). The highest BCUT2D eigenvalue weighted by Gasteiger charge is 1.98. The van der Waals surface area contributed by atoms with Crippen LogP contribution in [0.25, 0.3) is 10.9 Å². The molecule has 0 radical (unpaired) electrons. The molecule has 82 valence electrons. The van der Waals surface area contributed by atoms with Crippen molar-refractivity contribution in [1.29, 1.82) is 0 Å². The normalized spacial score (nSPS) is 10.4. The molecule has 0 aromatic carbocycles. The molecule has 17 heavy (non-hydrogen) atoms. The molecular weight excluding hydrogens is 212 g/mol. The Morgan fingerprint density at radius 1 is 0.824 bits per heavy atom. The Bertz CT molecular complexity index is 637. The van der Waals surface area contributed by atoms with E-state index in [1.165, 1.54) is 0 Å². The topological polar surface area (TPSA) is 50.7 Å². The molecule has 0 saturated carbocycles. The van der Waals surface area contributed by atoms with Gasteiger partial charge in [0.05, 0.1) is 5.52 Å². The first-order chi connectivity index (χ1) is 8.42. The van der Waals surface area contributed by atoms with Gasteiger partial charge in [0.15, 0.2) is 0 Å². The molecule has 4 heteroatoms. The fourth-order valence-electron chi connectivity index (χ4n) is 1.62. The zero-order valence-electron chi connectivity index (χ0n) is 9.04. The molecule has 0 amide bonds. The van der Waals surface area contributed by atoms with Crippen molar-refractivity contribution >= 4 is 22.4 Å². The van der Waals surface area contributed by atoms with Crippen LogP contribution >= 0.6 is 0 Å². The highest BCUT2D eigenvalue weighted by atomic mass is 15.0. The molecule has 0 bridgehead atoms. The second-order valence-corrected chi connectivity index (χ2v) is 3.63. The number of nitrogens with zero attached hydrogens (tertiary/aromatic N) is 3. The van der Waals surface area contributed by atoms with E-state index in [4.69, 9.17) is 0 Å². The van der Waals surface area contributed by atoms with E-state index in [1.54, 1.807) is 24.8 Å². The van der Waals surface area contributed by atoms with Crippen molar-refractivity contribution in [2.75, 3.05) is 5.32 Å². The summed E-state index contributed by atoms with van der Waals surface area (Å²) in [7, 11) is 0. The fourth-order valence-corrected chi connectivity index (χ4v) is 1.62. The van der Waals surface area contributed by atoms with E-state index < -0.39 is 0 Å². The average molecular weight is 222 g/mol. The minimum Gasteiger partial charge on any atom is -0.340 e. The molecule has 0 saturated heterocycles. The fraction of sp³-hybridized carbons (Fsp3) is 0. The Balaban J connectivity index is 1.96. The number of hydrogen-bond donors (Lipinski definition) is 1. The van der Waals surface area contributed by atoms with Gasteiger partial charge in [-0.15, -0.1) is 0 Å². The quantitative estimate of drug-likeness (QED) is 0.724. The summed E-state index contributed by atoms with van der Waals surface area (Å²) in [5.41, 5.74) is 1.90. The lowest BCUT2D eigenvalue weighted by Crippen LogP contribution is -1.93. The van der Waals surface area contributed by atoms with Gasteiger partial charge in [-0.3, -0.25) is 9.97 Å². The monoisotopic (exact) mass is 222 g/mol. The summed E-state index contributed by atoms with van der Waals surface area (Å²) in [5, 5.41) is 4.26. The van der Waals surface area contributed by atoms with Crippen LogP contribution in [0.4, 0.5) is 11.5 Å². The van der Waals surface area contributed by atoms with Crippen LogP contribution < -0.4 is 5.32 Å². The summed E-state index contributed by atoms with van der Waals surface area (Å²) in [6.45, 7) is 0. The van der Waals surface area contributed by atoms with Gasteiger partial charge < -0.3 is 5.32 Å². The molecule has 3 aromatic rings. The minimum absolute atomic E-state index is 0.815. The van der Waals surface area contributed by atoms with Crippen LogP contribution in [-0.4, -0.2) is 15.0 Å². The number of fused-ring (bicyclic) bond motifs is 1. The molecule has 0 aliphatic rings. The van der Waals surface area contributed by atoms with Crippen LogP contribution in [0.2, 0.25) is 0 Å². The van der Waals surface area contributed by atoms with Gasteiger partial charge in [-0.05, 0) is 30.3 Å². The summed E-state index contributed by atoms with van der Waals surface area (Å²) >= 11 is 0. The third-order valence-electron chi connectivity index (χ3n) is 2.44. The zero-order chi connectivity index (χ0) is 11.5. The maximum Gasteiger partial charge on any atom is 0.131 e. The van der Waals surface area contributed by atoms with Crippen molar-refractivity contribution in [1.82, 2.24) is 15.0 Å². The molecule has 0 fully saturated rings. The average Bonchev–Trinajstić information content (AvgIpc) is 2.40. The van der Waals surface area contributed by atoms with Gasteiger partial charge in [0, 0.05) is 35.9 Å². The summed E-state index contributed by atoms with van der Waals surface area (Å²) in [6, 6.07) is 9.63. The third kappa shape index (κ3) is 2.06. The van der Waals surface area contributed by atoms with Crippen molar-refractivity contribution in [2.45, 2.75) is 0 Å². The molecule has 0 aliphatic heterocycles. The third-order valence-corrected chi connectivity index (χ3v) is 2.44. The summed E-state index contributed by atoms with van der Waals surface area (Å²) in [4.78, 5) is 12.5. The molecular formula is C13H10N4. The standard InChI is InChI=1S/C13H10N4/c1-2-13(16-11-3-6-14-7-4-11)17-12-5-8-15-9-10(1)12/h1-9H,(H,14,16,17). The molecule has 0 unspecified atom stereocenters. The van der Waals surface area contributed by atoms with Gasteiger partial charge in [0.1, 0.15) is 5.82 Å². The molecule has 3 heterocycles. The summed E-state index contributed by atoms with van der Waals surface area (Å²) in [6.07, 6.45) is 7.03. The molecule has 4 nitrogen and oxygen atoms in total. The lowest BCUT2D eigenvalue weighted by atomic mass is 10.2. The van der Waals surface area contributed by atoms with Crippen LogP contribution in [0.3, 0.4) is 0 Å². The zero-order valence-corrected chi connectivity index (χ0v) is 9.04. The van der Waals surface area contributed by atoms with Crippen LogP contribution in [0.15, 0.2) is 55.1 Å². The molecule has 0 spiro atoms. The molecule has 3 aromatic heterocycles. The van der Waals surface area contributed by atoms with Gasteiger partial charge >= 0.3 is 0 Å². The van der Waals surface area contributed by atoms with E-state index in [9.17, 15) is 0 Å². The second kappa shape index (κ2) is 4.17. The summed E-state index contributed by atoms with van der Waals surface area (Å²) in [5.74, 6) is 0.815. The lowest BCUT2D eigenvalue weighted by Gasteiger charge is -2.05. The Morgan fingerprint density at radius 3 is 2.53 bits per heavy atom. The first kappa shape index (κ1) is 9.72. The van der Waals surface area contributed by atoms with Crippen molar-refractivity contribution in [3.8, 4) is 0 Å². The van der Waals surface area contributed by atoms with Crippen molar-refractivity contribution < 1.29 is 0 Å². The highest BCUT2D eigenvalue weighted by Crippen LogP contribution is 2.17. The predicted molar refractivity (Wildman–Crippen MR) is 67.1 cm³/mol. The maximum absolute atomic E-state index is 4.50. The predicted octanol–water partition coefficient (Wildman–Crippen LogP) is 2.77. The number of nitrogens with one attached hydrogen (secondary N) is 1. The number of pyridine rings is 3. The van der Waals surface area contributed by atoms with Crippen LogP contribution in [0.5, 0.6) is 0 Å². The van der Waals surface area contributed by atoms with Crippen LogP contribution in [0.1, 0.15) is 0 Å². The van der Waals surface area contributed by atoms with Crippen molar-refractivity contribution in [3.63, 3.8) is 0 Å². The molecule has 0 aliphatic carbocycles. The van der Waals surface area contributed by atoms with E-state index in [-0.39, 0.29) is 0 Å². The smallest absolute Gasteiger partial charge is 0.131 e. The van der Waals surface area contributed by atoms with Gasteiger partial charge in [0.2, 0.25) is 0 Å². The Kier molecular flexibility index (Phi) is 2.38. The minimum atomic E-state index is 0.815. The lowest BCUT2D eigenvalue weighted by molar-refractivity contribution is 1.30. The van der Waals surface area contributed by atoms with Gasteiger partial charge in [0.25, 0.3) is 0 Å². The van der Waals surface area contributed by atoms with E-state index >= 15 is 0 Å². The molecule has 1 N–H and O–H groups in total. The van der Waals surface area contributed by atoms with Crippen LogP contribution in [-0.2, 0) is 0 Å². The number of anilines is 2. The molecule has 0 atom stereocenters. The van der Waals surface area contributed by atoms with E-state index in [0.29, 0.717) is 0 Å². The highest BCUT2D eigenvalue weighted by molar-refractivity contribution is 5.79.